The Balaban J connectivity index is 1.65. The second kappa shape index (κ2) is 10.5. The smallest absolute Gasteiger partial charge is 0.419 e. The molecule has 2 N–H and O–H groups in total. The number of nitrogens with one attached hydrogen (secondary N) is 2. The Labute approximate surface area is 216 Å². The predicted molar refractivity (Wildman–Crippen MR) is 128 cm³/mol. The molecule has 6 nitrogen and oxygen atoms in total. The molecule has 0 bridgehead atoms. The van der Waals surface area contributed by atoms with Crippen LogP contribution in [0.4, 0.5) is 32.0 Å². The summed E-state index contributed by atoms with van der Waals surface area (Å²) in [7, 11) is -4.49. The first-order chi connectivity index (χ1) is 17.7. The van der Waals surface area contributed by atoms with Gasteiger partial charge in [-0.05, 0) is 63.4 Å². The molecule has 1 aliphatic heterocycles. The van der Waals surface area contributed by atoms with Crippen molar-refractivity contribution in [1.29, 1.82) is 0 Å². The van der Waals surface area contributed by atoms with E-state index in [1.54, 1.807) is 6.92 Å². The summed E-state index contributed by atoms with van der Waals surface area (Å²) in [5, 5.41) is 3.01. The third kappa shape index (κ3) is 6.66. The number of rotatable bonds is 7. The fraction of sp³-hybridized carbons (Fsp3) is 0.520. The van der Waals surface area contributed by atoms with Crippen LogP contribution in [0.1, 0.15) is 56.6 Å². The highest BCUT2D eigenvalue weighted by Gasteiger charge is 2.39. The maximum Gasteiger partial charge on any atom is 0.419 e. The second-order valence-corrected chi connectivity index (χ2v) is 11.5. The van der Waals surface area contributed by atoms with Gasteiger partial charge in [0.15, 0.2) is 0 Å². The lowest BCUT2D eigenvalue weighted by molar-refractivity contribution is -0.140. The van der Waals surface area contributed by atoms with Crippen LogP contribution in [0.3, 0.4) is 0 Å². The van der Waals surface area contributed by atoms with E-state index in [1.807, 2.05) is 0 Å². The highest BCUT2D eigenvalue weighted by atomic mass is 32.2. The molecule has 2 fully saturated rings. The van der Waals surface area contributed by atoms with Crippen LogP contribution in [0.15, 0.2) is 41.3 Å². The Bertz CT molecular complexity index is 1250. The van der Waals surface area contributed by atoms with Crippen molar-refractivity contribution < 1.29 is 44.2 Å². The largest absolute Gasteiger partial charge is 0.490 e. The van der Waals surface area contributed by atoms with E-state index in [1.165, 1.54) is 0 Å². The SMILES string of the molecule is C[C@@]1(Oc2cc(NS(=O)(=O)c3ccc(C(F)(F)F)c(OC4CCCCC4)c3)ccc2C(F)(F)F)CCNC1. The van der Waals surface area contributed by atoms with Crippen LogP contribution in [0.5, 0.6) is 11.5 Å². The number of anilines is 1. The highest BCUT2D eigenvalue weighted by molar-refractivity contribution is 7.92. The van der Waals surface area contributed by atoms with Crippen molar-refractivity contribution in [3.63, 3.8) is 0 Å². The molecule has 2 aromatic rings. The summed E-state index contributed by atoms with van der Waals surface area (Å²) in [6.45, 7) is 2.49. The van der Waals surface area contributed by atoms with Gasteiger partial charge in [0.1, 0.15) is 17.1 Å². The zero-order valence-electron chi connectivity index (χ0n) is 20.5. The molecule has 1 saturated heterocycles. The van der Waals surface area contributed by atoms with Crippen LogP contribution < -0.4 is 19.5 Å². The zero-order chi connectivity index (χ0) is 27.8. The molecule has 210 valence electrons. The summed E-state index contributed by atoms with van der Waals surface area (Å²) in [5.41, 5.74) is -3.36. The van der Waals surface area contributed by atoms with E-state index in [0.29, 0.717) is 44.5 Å². The van der Waals surface area contributed by atoms with Gasteiger partial charge in [0.05, 0.1) is 27.8 Å². The quantitative estimate of drug-likeness (QED) is 0.381. The summed E-state index contributed by atoms with van der Waals surface area (Å²) in [6.07, 6.45) is -5.94. The predicted octanol–water partition coefficient (Wildman–Crippen LogP) is 6.37. The number of hydrogen-bond acceptors (Lipinski definition) is 5. The van der Waals surface area contributed by atoms with Crippen LogP contribution in [0.2, 0.25) is 0 Å². The first-order valence-corrected chi connectivity index (χ1v) is 13.7. The Hall–Kier alpha value is -2.67. The number of hydrogen-bond donors (Lipinski definition) is 2. The van der Waals surface area contributed by atoms with Gasteiger partial charge in [-0.15, -0.1) is 0 Å². The molecule has 1 atom stereocenters. The average Bonchev–Trinajstić information content (AvgIpc) is 3.24. The minimum absolute atomic E-state index is 0.239. The summed E-state index contributed by atoms with van der Waals surface area (Å²) in [6, 6.07) is 4.75. The van der Waals surface area contributed by atoms with E-state index in [-0.39, 0.29) is 5.69 Å². The van der Waals surface area contributed by atoms with Crippen molar-refractivity contribution >= 4 is 15.7 Å². The monoisotopic (exact) mass is 566 g/mol. The van der Waals surface area contributed by atoms with Crippen molar-refractivity contribution in [1.82, 2.24) is 5.32 Å². The average molecular weight is 567 g/mol. The van der Waals surface area contributed by atoms with E-state index in [9.17, 15) is 34.8 Å². The maximum atomic E-state index is 13.6. The van der Waals surface area contributed by atoms with E-state index in [4.69, 9.17) is 9.47 Å². The lowest BCUT2D eigenvalue weighted by Gasteiger charge is -2.27. The highest BCUT2D eigenvalue weighted by Crippen LogP contribution is 2.41. The van der Waals surface area contributed by atoms with Gasteiger partial charge in [0.25, 0.3) is 10.0 Å². The van der Waals surface area contributed by atoms with Crippen molar-refractivity contribution in [2.75, 3.05) is 17.8 Å². The van der Waals surface area contributed by atoms with Gasteiger partial charge in [0.2, 0.25) is 0 Å². The molecule has 1 heterocycles. The molecule has 4 rings (SSSR count). The summed E-state index contributed by atoms with van der Waals surface area (Å²) in [5.74, 6) is -1.16. The molecular formula is C25H28F6N2O4S. The molecule has 2 aromatic carbocycles. The lowest BCUT2D eigenvalue weighted by atomic mass is 9.97. The molecule has 2 aliphatic rings. The Kier molecular flexibility index (Phi) is 7.81. The first kappa shape index (κ1) is 28.3. The summed E-state index contributed by atoms with van der Waals surface area (Å²) in [4.78, 5) is -0.523. The van der Waals surface area contributed by atoms with Gasteiger partial charge in [-0.2, -0.15) is 26.3 Å². The summed E-state index contributed by atoms with van der Waals surface area (Å²) < 4.78 is 121. The van der Waals surface area contributed by atoms with Gasteiger partial charge >= 0.3 is 12.4 Å². The van der Waals surface area contributed by atoms with Crippen LogP contribution in [-0.2, 0) is 22.4 Å². The zero-order valence-corrected chi connectivity index (χ0v) is 21.3. The minimum atomic E-state index is -4.77. The van der Waals surface area contributed by atoms with Crippen LogP contribution in [-0.4, -0.2) is 33.2 Å². The van der Waals surface area contributed by atoms with Gasteiger partial charge < -0.3 is 14.8 Å². The fourth-order valence-corrected chi connectivity index (χ4v) is 5.69. The number of ether oxygens (including phenoxy) is 2. The Morgan fingerprint density at radius 1 is 0.921 bits per heavy atom. The topological polar surface area (TPSA) is 76.7 Å². The van der Waals surface area contributed by atoms with Gasteiger partial charge in [-0.3, -0.25) is 4.72 Å². The number of alkyl halides is 6. The molecule has 13 heteroatoms. The molecule has 1 aliphatic carbocycles. The molecule has 0 amide bonds. The van der Waals surface area contributed by atoms with Crippen LogP contribution >= 0.6 is 0 Å². The van der Waals surface area contributed by atoms with Crippen LogP contribution in [0.25, 0.3) is 0 Å². The summed E-state index contributed by atoms with van der Waals surface area (Å²) >= 11 is 0. The molecule has 0 spiro atoms. The van der Waals surface area contributed by atoms with E-state index in [0.717, 1.165) is 43.5 Å². The first-order valence-electron chi connectivity index (χ1n) is 12.2. The molecule has 0 unspecified atom stereocenters. The van der Waals surface area contributed by atoms with Crippen molar-refractivity contribution in [3.05, 3.63) is 47.5 Å². The number of halogens is 6. The van der Waals surface area contributed by atoms with Crippen LogP contribution in [0, 0.1) is 0 Å². The van der Waals surface area contributed by atoms with Gasteiger partial charge in [-0.25, -0.2) is 8.42 Å². The normalized spacial score (nSPS) is 21.3. The van der Waals surface area contributed by atoms with Crippen molar-refractivity contribution in [3.8, 4) is 11.5 Å². The number of benzene rings is 2. The molecule has 0 radical (unpaired) electrons. The molecular weight excluding hydrogens is 538 g/mol. The molecule has 1 saturated carbocycles. The van der Waals surface area contributed by atoms with E-state index < -0.39 is 61.6 Å². The standard InChI is InChI=1S/C25H28F6N2O4S/c1-23(11-12-32-15-23)37-22-13-16(7-9-20(22)25(29,30)31)33-38(34,35)18-8-10-19(24(26,27)28)21(14-18)36-17-5-3-2-4-6-17/h7-10,13-14,17,32-33H,2-6,11-12,15H2,1H3/t23-/m1/s1. The third-order valence-electron chi connectivity index (χ3n) is 6.64. The van der Waals surface area contributed by atoms with Gasteiger partial charge in [0, 0.05) is 25.1 Å². The second-order valence-electron chi connectivity index (χ2n) is 9.83. The van der Waals surface area contributed by atoms with Crippen molar-refractivity contribution in [2.24, 2.45) is 0 Å². The maximum absolute atomic E-state index is 13.6. The third-order valence-corrected chi connectivity index (χ3v) is 8.02. The van der Waals surface area contributed by atoms with E-state index in [2.05, 4.69) is 10.0 Å². The fourth-order valence-electron chi connectivity index (χ4n) is 4.63. The Morgan fingerprint density at radius 3 is 2.16 bits per heavy atom. The van der Waals surface area contributed by atoms with Crippen molar-refractivity contribution in [2.45, 2.75) is 74.4 Å². The molecule has 0 aromatic heterocycles. The van der Waals surface area contributed by atoms with Gasteiger partial charge in [-0.1, -0.05) is 6.42 Å². The van der Waals surface area contributed by atoms with E-state index >= 15 is 0 Å². The lowest BCUT2D eigenvalue weighted by Crippen LogP contribution is -2.35. The molecule has 38 heavy (non-hydrogen) atoms. The number of sulfonamides is 1. The Morgan fingerprint density at radius 2 is 1.55 bits per heavy atom. The minimum Gasteiger partial charge on any atom is -0.490 e.